The zero-order chi connectivity index (χ0) is 24.9. The van der Waals surface area contributed by atoms with E-state index in [0.717, 1.165) is 11.4 Å². The average molecular weight is 554 g/mol. The van der Waals surface area contributed by atoms with Crippen molar-refractivity contribution < 1.29 is 38.3 Å². The van der Waals surface area contributed by atoms with Gasteiger partial charge in [0.05, 0.1) is 95.2 Å². The number of ether oxygens (including phenoxy) is 6. The Morgan fingerprint density at radius 2 is 1.12 bits per heavy atom. The van der Waals surface area contributed by atoms with Crippen LogP contribution in [0.3, 0.4) is 0 Å². The number of nitro groups is 2. The molecule has 0 amide bonds. The Morgan fingerprint density at radius 3 is 1.53 bits per heavy atom. The van der Waals surface area contributed by atoms with Crippen molar-refractivity contribution in [1.29, 1.82) is 0 Å². The van der Waals surface area contributed by atoms with Gasteiger partial charge >= 0.3 is 0 Å². The van der Waals surface area contributed by atoms with Gasteiger partial charge in [-0.25, -0.2) is 0 Å². The molecule has 0 atom stereocenters. The third-order valence-corrected chi connectivity index (χ3v) is 4.36. The van der Waals surface area contributed by atoms with Crippen molar-refractivity contribution in [2.24, 2.45) is 0 Å². The molecular formula is C20H32BrN3O10. The minimum absolute atomic E-state index is 0.194. The van der Waals surface area contributed by atoms with Gasteiger partial charge in [-0.05, 0) is 6.07 Å². The Balaban J connectivity index is 1.90. The third-order valence-electron chi connectivity index (χ3n) is 4.03. The quantitative estimate of drug-likeness (QED) is 0.0918. The number of hydrogen-bond acceptors (Lipinski definition) is 11. The second kappa shape index (κ2) is 20.4. The van der Waals surface area contributed by atoms with Crippen molar-refractivity contribution in [2.75, 3.05) is 96.5 Å². The summed E-state index contributed by atoms with van der Waals surface area (Å²) in [7, 11) is 0. The summed E-state index contributed by atoms with van der Waals surface area (Å²) < 4.78 is 32.1. The molecule has 0 aromatic heterocycles. The largest absolute Gasteiger partial charge is 0.378 e. The fourth-order valence-electron chi connectivity index (χ4n) is 2.45. The molecule has 0 radical (unpaired) electrons. The number of nitro benzene ring substituents is 2. The second-order valence-corrected chi connectivity index (χ2v) is 7.30. The van der Waals surface area contributed by atoms with Crippen molar-refractivity contribution in [3.63, 3.8) is 0 Å². The lowest BCUT2D eigenvalue weighted by Gasteiger charge is -2.09. The van der Waals surface area contributed by atoms with Crippen LogP contribution < -0.4 is 5.32 Å². The van der Waals surface area contributed by atoms with Gasteiger partial charge < -0.3 is 33.7 Å². The van der Waals surface area contributed by atoms with Gasteiger partial charge in [-0.1, -0.05) is 15.9 Å². The summed E-state index contributed by atoms with van der Waals surface area (Å²) in [5.41, 5.74) is -0.502. The van der Waals surface area contributed by atoms with Crippen LogP contribution in [0.4, 0.5) is 17.1 Å². The van der Waals surface area contributed by atoms with Gasteiger partial charge in [0.1, 0.15) is 5.69 Å². The van der Waals surface area contributed by atoms with E-state index >= 15 is 0 Å². The molecule has 0 saturated carbocycles. The van der Waals surface area contributed by atoms with E-state index in [2.05, 4.69) is 21.2 Å². The minimum Gasteiger partial charge on any atom is -0.378 e. The summed E-state index contributed by atoms with van der Waals surface area (Å²) >= 11 is 3.28. The average Bonchev–Trinajstić information content (AvgIpc) is 2.82. The highest BCUT2D eigenvalue weighted by Gasteiger charge is 2.18. The molecule has 0 bridgehead atoms. The number of hydrogen-bond donors (Lipinski definition) is 1. The first kappa shape index (κ1) is 30.1. The Labute approximate surface area is 206 Å². The van der Waals surface area contributed by atoms with Gasteiger partial charge in [-0.3, -0.25) is 20.2 Å². The van der Waals surface area contributed by atoms with Gasteiger partial charge in [-0.2, -0.15) is 0 Å². The number of nitrogens with one attached hydrogen (secondary N) is 1. The molecule has 0 heterocycles. The van der Waals surface area contributed by atoms with Gasteiger partial charge in [0.2, 0.25) is 0 Å². The maximum Gasteiger partial charge on any atom is 0.299 e. The van der Waals surface area contributed by atoms with E-state index in [-0.39, 0.29) is 17.1 Å². The molecule has 0 fully saturated rings. The van der Waals surface area contributed by atoms with E-state index in [0.29, 0.717) is 85.8 Å². The molecule has 1 aromatic rings. The number of alkyl halides is 1. The van der Waals surface area contributed by atoms with Gasteiger partial charge in [0, 0.05) is 17.9 Å². The van der Waals surface area contributed by atoms with Crippen molar-refractivity contribution >= 4 is 33.0 Å². The van der Waals surface area contributed by atoms with Crippen LogP contribution in [-0.4, -0.2) is 101 Å². The Kier molecular flexibility index (Phi) is 18.1. The van der Waals surface area contributed by atoms with Gasteiger partial charge in [0.15, 0.2) is 0 Å². The van der Waals surface area contributed by atoms with Crippen LogP contribution in [0.5, 0.6) is 0 Å². The summed E-state index contributed by atoms with van der Waals surface area (Å²) in [5.74, 6) is 0. The number of benzene rings is 1. The zero-order valence-corrected chi connectivity index (χ0v) is 20.6. The summed E-state index contributed by atoms with van der Waals surface area (Å²) in [6.07, 6.45) is 0. The molecule has 14 heteroatoms. The maximum atomic E-state index is 11.1. The van der Waals surface area contributed by atoms with Crippen LogP contribution in [0.2, 0.25) is 0 Å². The van der Waals surface area contributed by atoms with Gasteiger partial charge in [0.25, 0.3) is 11.4 Å². The molecule has 0 aliphatic heterocycles. The molecule has 0 saturated heterocycles. The van der Waals surface area contributed by atoms with Crippen LogP contribution in [0, 0.1) is 20.2 Å². The molecule has 0 aliphatic rings. The summed E-state index contributed by atoms with van der Waals surface area (Å²) in [5, 5.41) is 25.5. The highest BCUT2D eigenvalue weighted by atomic mass is 79.9. The number of anilines is 1. The van der Waals surface area contributed by atoms with Gasteiger partial charge in [-0.15, -0.1) is 0 Å². The lowest BCUT2D eigenvalue weighted by atomic mass is 10.2. The highest BCUT2D eigenvalue weighted by molar-refractivity contribution is 9.09. The molecule has 0 spiro atoms. The van der Waals surface area contributed by atoms with Crippen LogP contribution in [-0.2, 0) is 28.4 Å². The zero-order valence-electron chi connectivity index (χ0n) is 19.0. The highest BCUT2D eigenvalue weighted by Crippen LogP contribution is 2.28. The first-order valence-corrected chi connectivity index (χ1v) is 11.9. The normalized spacial score (nSPS) is 11.0. The third kappa shape index (κ3) is 15.1. The first-order chi connectivity index (χ1) is 16.6. The molecule has 1 N–H and O–H groups in total. The Bertz CT molecular complexity index is 699. The minimum atomic E-state index is -0.679. The SMILES string of the molecule is O=[N+]([O-])c1ccc(NCCOCCOCCOCCOCCOCCOCCBr)c([N+](=O)[O-])c1. The smallest absolute Gasteiger partial charge is 0.299 e. The van der Waals surface area contributed by atoms with Crippen LogP contribution in [0.25, 0.3) is 0 Å². The maximum absolute atomic E-state index is 11.1. The standard InChI is InChI=1S/C20H32BrN3O10/c21-3-5-29-7-9-31-11-13-33-15-16-34-14-12-32-10-8-30-6-4-22-19-2-1-18(23(25)26)17-20(19)24(27)28/h1-2,17,22H,3-16H2. The molecule has 194 valence electrons. The fourth-order valence-corrected chi connectivity index (χ4v) is 2.68. The van der Waals surface area contributed by atoms with E-state index in [9.17, 15) is 20.2 Å². The van der Waals surface area contributed by atoms with Crippen molar-refractivity contribution in [3.05, 3.63) is 38.4 Å². The van der Waals surface area contributed by atoms with Crippen LogP contribution in [0.15, 0.2) is 18.2 Å². The number of nitrogens with zero attached hydrogens (tertiary/aromatic N) is 2. The lowest BCUT2D eigenvalue weighted by Crippen LogP contribution is -2.15. The Hall–Kier alpha value is -1.94. The van der Waals surface area contributed by atoms with E-state index < -0.39 is 9.85 Å². The number of non-ortho nitro benzene ring substituents is 1. The predicted molar refractivity (Wildman–Crippen MR) is 127 cm³/mol. The molecule has 0 aliphatic carbocycles. The van der Waals surface area contributed by atoms with Crippen LogP contribution in [0.1, 0.15) is 0 Å². The lowest BCUT2D eigenvalue weighted by molar-refractivity contribution is -0.393. The van der Waals surface area contributed by atoms with E-state index in [1.807, 2.05) is 0 Å². The Morgan fingerprint density at radius 1 is 0.676 bits per heavy atom. The second-order valence-electron chi connectivity index (χ2n) is 6.51. The molecule has 1 aromatic carbocycles. The first-order valence-electron chi connectivity index (χ1n) is 10.8. The number of halogens is 1. The molecule has 0 unspecified atom stereocenters. The summed E-state index contributed by atoms with van der Waals surface area (Å²) in [4.78, 5) is 20.5. The van der Waals surface area contributed by atoms with Crippen molar-refractivity contribution in [2.45, 2.75) is 0 Å². The van der Waals surface area contributed by atoms with Crippen molar-refractivity contribution in [3.8, 4) is 0 Å². The topological polar surface area (TPSA) is 154 Å². The van der Waals surface area contributed by atoms with Crippen molar-refractivity contribution in [1.82, 2.24) is 0 Å². The van der Waals surface area contributed by atoms with E-state index in [4.69, 9.17) is 28.4 Å². The summed E-state index contributed by atoms with van der Waals surface area (Å²) in [6, 6.07) is 3.43. The molecule has 34 heavy (non-hydrogen) atoms. The fraction of sp³-hybridized carbons (Fsp3) is 0.700. The molecule has 1 rings (SSSR count). The van der Waals surface area contributed by atoms with Crippen LogP contribution >= 0.6 is 15.9 Å². The van der Waals surface area contributed by atoms with E-state index in [1.54, 1.807) is 0 Å². The molecular weight excluding hydrogens is 522 g/mol. The monoisotopic (exact) mass is 553 g/mol. The summed E-state index contributed by atoms with van der Waals surface area (Å²) in [6.45, 7) is 5.95. The molecule has 13 nitrogen and oxygen atoms in total. The predicted octanol–water partition coefficient (Wildman–Crippen LogP) is 2.41. The van der Waals surface area contributed by atoms with E-state index in [1.165, 1.54) is 12.1 Å². The number of rotatable bonds is 23.